The number of nitrogens with one attached hydrogen (secondary N) is 1. The van der Waals surface area contributed by atoms with Crippen molar-refractivity contribution in [2.45, 2.75) is 58.2 Å². The van der Waals surface area contributed by atoms with Gasteiger partial charge in [-0.05, 0) is 40.5 Å². The minimum absolute atomic E-state index is 0.0210. The molecular formula is C14H27N3O. The number of hydrogen-bond acceptors (Lipinski definition) is 3. The van der Waals surface area contributed by atoms with Gasteiger partial charge < -0.3 is 5.32 Å². The van der Waals surface area contributed by atoms with Gasteiger partial charge >= 0.3 is 0 Å². The molecule has 1 saturated heterocycles. The molecule has 0 aromatic rings. The molecule has 4 heteroatoms. The third kappa shape index (κ3) is 3.45. The molecule has 1 amide bonds. The van der Waals surface area contributed by atoms with E-state index in [1.807, 2.05) is 6.92 Å². The van der Waals surface area contributed by atoms with Crippen molar-refractivity contribution in [1.29, 1.82) is 0 Å². The van der Waals surface area contributed by atoms with Crippen LogP contribution in [0.2, 0.25) is 0 Å². The smallest absolute Gasteiger partial charge is 0.237 e. The quantitative estimate of drug-likeness (QED) is 0.817. The van der Waals surface area contributed by atoms with E-state index >= 15 is 0 Å². The molecule has 104 valence electrons. The van der Waals surface area contributed by atoms with Crippen LogP contribution in [0.25, 0.3) is 0 Å². The molecule has 1 saturated carbocycles. The van der Waals surface area contributed by atoms with Crippen LogP contribution in [0, 0.1) is 0 Å². The zero-order valence-electron chi connectivity index (χ0n) is 12.2. The molecule has 0 radical (unpaired) electrons. The highest BCUT2D eigenvalue weighted by atomic mass is 16.2. The fourth-order valence-electron chi connectivity index (χ4n) is 2.50. The van der Waals surface area contributed by atoms with Gasteiger partial charge in [0, 0.05) is 37.8 Å². The van der Waals surface area contributed by atoms with Crippen LogP contribution in [0.5, 0.6) is 0 Å². The summed E-state index contributed by atoms with van der Waals surface area (Å²) in [7, 11) is 0. The largest absolute Gasteiger partial charge is 0.352 e. The molecule has 0 aromatic heterocycles. The zero-order chi connectivity index (χ0) is 13.3. The van der Waals surface area contributed by atoms with Crippen LogP contribution in [-0.2, 0) is 4.79 Å². The summed E-state index contributed by atoms with van der Waals surface area (Å²) < 4.78 is 0. The molecule has 1 aliphatic heterocycles. The molecule has 0 bridgehead atoms. The van der Waals surface area contributed by atoms with Crippen molar-refractivity contribution in [2.24, 2.45) is 0 Å². The minimum Gasteiger partial charge on any atom is -0.352 e. The summed E-state index contributed by atoms with van der Waals surface area (Å²) in [5.41, 5.74) is 0.242. The van der Waals surface area contributed by atoms with Gasteiger partial charge in [0.1, 0.15) is 0 Å². The Kier molecular flexibility index (Phi) is 3.97. The van der Waals surface area contributed by atoms with Crippen molar-refractivity contribution in [3.63, 3.8) is 0 Å². The lowest BCUT2D eigenvalue weighted by Gasteiger charge is -2.43. The van der Waals surface area contributed by atoms with Crippen LogP contribution < -0.4 is 5.32 Å². The molecule has 2 rings (SSSR count). The zero-order valence-corrected chi connectivity index (χ0v) is 12.2. The fourth-order valence-corrected chi connectivity index (χ4v) is 2.50. The van der Waals surface area contributed by atoms with Gasteiger partial charge in [-0.25, -0.2) is 0 Å². The van der Waals surface area contributed by atoms with Gasteiger partial charge in [-0.1, -0.05) is 0 Å². The Labute approximate surface area is 111 Å². The van der Waals surface area contributed by atoms with Gasteiger partial charge in [-0.3, -0.25) is 14.6 Å². The molecule has 1 unspecified atom stereocenters. The van der Waals surface area contributed by atoms with Crippen LogP contribution in [0.4, 0.5) is 0 Å². The summed E-state index contributed by atoms with van der Waals surface area (Å²) in [5, 5.41) is 3.10. The number of nitrogens with zero attached hydrogens (tertiary/aromatic N) is 2. The Balaban J connectivity index is 1.79. The van der Waals surface area contributed by atoms with E-state index in [-0.39, 0.29) is 17.5 Å². The molecule has 2 aliphatic rings. The van der Waals surface area contributed by atoms with E-state index in [2.05, 4.69) is 35.9 Å². The van der Waals surface area contributed by atoms with E-state index in [1.165, 1.54) is 0 Å². The van der Waals surface area contributed by atoms with Crippen LogP contribution in [-0.4, -0.2) is 59.5 Å². The Morgan fingerprint density at radius 1 is 1.17 bits per heavy atom. The van der Waals surface area contributed by atoms with E-state index in [0.29, 0.717) is 6.04 Å². The summed E-state index contributed by atoms with van der Waals surface area (Å²) >= 11 is 0. The van der Waals surface area contributed by atoms with Gasteiger partial charge in [0.05, 0.1) is 6.04 Å². The standard InChI is InChI=1S/C14H27N3O/c1-11(13(18)15-12-5-6-12)16-7-9-17(10-8-16)14(2,3)4/h11-12H,5-10H2,1-4H3,(H,15,18). The van der Waals surface area contributed by atoms with E-state index in [0.717, 1.165) is 39.0 Å². The average Bonchev–Trinajstić information content (AvgIpc) is 3.11. The number of rotatable bonds is 3. The van der Waals surface area contributed by atoms with E-state index in [1.54, 1.807) is 0 Å². The van der Waals surface area contributed by atoms with Crippen LogP contribution in [0.1, 0.15) is 40.5 Å². The number of hydrogen-bond donors (Lipinski definition) is 1. The van der Waals surface area contributed by atoms with Gasteiger partial charge in [0.15, 0.2) is 0 Å². The first kappa shape index (κ1) is 13.8. The monoisotopic (exact) mass is 253 g/mol. The fraction of sp³-hybridized carbons (Fsp3) is 0.929. The highest BCUT2D eigenvalue weighted by Gasteiger charge is 2.32. The van der Waals surface area contributed by atoms with Crippen LogP contribution in [0.3, 0.4) is 0 Å². The third-order valence-corrected chi connectivity index (χ3v) is 4.11. The first-order valence-corrected chi connectivity index (χ1v) is 7.17. The lowest BCUT2D eigenvalue weighted by molar-refractivity contribution is -0.127. The van der Waals surface area contributed by atoms with Gasteiger partial charge in [0.25, 0.3) is 0 Å². The maximum atomic E-state index is 12.0. The SMILES string of the molecule is CC(C(=O)NC1CC1)N1CCN(C(C)(C)C)CC1. The molecule has 0 aromatic carbocycles. The third-order valence-electron chi connectivity index (χ3n) is 4.11. The van der Waals surface area contributed by atoms with Crippen molar-refractivity contribution in [3.05, 3.63) is 0 Å². The molecule has 0 spiro atoms. The Bertz CT molecular complexity index is 299. The topological polar surface area (TPSA) is 35.6 Å². The summed E-state index contributed by atoms with van der Waals surface area (Å²) in [4.78, 5) is 16.8. The molecule has 2 fully saturated rings. The normalized spacial score (nSPS) is 24.9. The lowest BCUT2D eigenvalue weighted by atomic mass is 10.0. The molecule has 1 atom stereocenters. The summed E-state index contributed by atoms with van der Waals surface area (Å²) in [6.07, 6.45) is 2.33. The first-order valence-electron chi connectivity index (χ1n) is 7.17. The van der Waals surface area contributed by atoms with Crippen molar-refractivity contribution in [1.82, 2.24) is 15.1 Å². The second-order valence-electron chi connectivity index (χ2n) is 6.65. The average molecular weight is 253 g/mol. The van der Waals surface area contributed by atoms with Gasteiger partial charge in [-0.15, -0.1) is 0 Å². The second-order valence-corrected chi connectivity index (χ2v) is 6.65. The Morgan fingerprint density at radius 3 is 2.17 bits per heavy atom. The van der Waals surface area contributed by atoms with E-state index < -0.39 is 0 Å². The Hall–Kier alpha value is -0.610. The second kappa shape index (κ2) is 5.17. The predicted molar refractivity (Wildman–Crippen MR) is 73.5 cm³/mol. The molecule has 1 heterocycles. The maximum Gasteiger partial charge on any atom is 0.237 e. The van der Waals surface area contributed by atoms with Crippen molar-refractivity contribution in [2.75, 3.05) is 26.2 Å². The molecule has 1 N–H and O–H groups in total. The Morgan fingerprint density at radius 2 is 1.72 bits per heavy atom. The van der Waals surface area contributed by atoms with Gasteiger partial charge in [-0.2, -0.15) is 0 Å². The predicted octanol–water partition coefficient (Wildman–Crippen LogP) is 1.07. The summed E-state index contributed by atoms with van der Waals surface area (Å²) in [5.74, 6) is 0.210. The number of piperazine rings is 1. The summed E-state index contributed by atoms with van der Waals surface area (Å²) in [6.45, 7) is 12.9. The van der Waals surface area contributed by atoms with Crippen molar-refractivity contribution < 1.29 is 4.79 Å². The van der Waals surface area contributed by atoms with Crippen molar-refractivity contribution in [3.8, 4) is 0 Å². The molecule has 1 aliphatic carbocycles. The molecular weight excluding hydrogens is 226 g/mol. The minimum atomic E-state index is 0.0210. The number of carbonyl (C=O) groups is 1. The highest BCUT2D eigenvalue weighted by molar-refractivity contribution is 5.81. The first-order chi connectivity index (χ1) is 8.38. The number of amides is 1. The summed E-state index contributed by atoms with van der Waals surface area (Å²) in [6, 6.07) is 0.489. The van der Waals surface area contributed by atoms with Crippen LogP contribution in [0.15, 0.2) is 0 Å². The molecule has 18 heavy (non-hydrogen) atoms. The van der Waals surface area contributed by atoms with Crippen LogP contribution >= 0.6 is 0 Å². The lowest BCUT2D eigenvalue weighted by Crippen LogP contribution is -2.57. The van der Waals surface area contributed by atoms with E-state index in [4.69, 9.17) is 0 Å². The maximum absolute atomic E-state index is 12.0. The molecule has 4 nitrogen and oxygen atoms in total. The van der Waals surface area contributed by atoms with Gasteiger partial charge in [0.2, 0.25) is 5.91 Å². The number of carbonyl (C=O) groups excluding carboxylic acids is 1. The highest BCUT2D eigenvalue weighted by Crippen LogP contribution is 2.20. The van der Waals surface area contributed by atoms with E-state index in [9.17, 15) is 4.79 Å². The van der Waals surface area contributed by atoms with Crippen molar-refractivity contribution >= 4 is 5.91 Å².